The van der Waals surface area contributed by atoms with E-state index in [4.69, 9.17) is 0 Å². The minimum Gasteiger partial charge on any atom is -0.204 e. The first-order valence-corrected chi connectivity index (χ1v) is 4.33. The highest BCUT2D eigenvalue weighted by Gasteiger charge is 2.05. The minimum absolute atomic E-state index is 0.535. The van der Waals surface area contributed by atoms with Crippen molar-refractivity contribution in [3.8, 4) is 11.3 Å². The molecule has 0 bridgehead atoms. The maximum atomic E-state index is 12.8. The first-order chi connectivity index (χ1) is 6.27. The smallest absolute Gasteiger partial charge is 0.159 e. The number of hydrogen-bond donors (Lipinski definition) is 0. The van der Waals surface area contributed by atoms with Crippen molar-refractivity contribution in [3.63, 3.8) is 0 Å². The molecule has 1 heterocycles. The van der Waals surface area contributed by atoms with Gasteiger partial charge < -0.3 is 0 Å². The zero-order chi connectivity index (χ0) is 9.26. The normalized spacial score (nSPS) is 10.3. The monoisotopic (exact) mass is 198 g/mol. The zero-order valence-electron chi connectivity index (χ0n) is 6.37. The highest BCUT2D eigenvalue weighted by molar-refractivity contribution is 7.03. The van der Waals surface area contributed by atoms with E-state index in [2.05, 4.69) is 9.59 Å². The summed E-state index contributed by atoms with van der Waals surface area (Å²) in [6.45, 7) is 0. The topological polar surface area (TPSA) is 25.8 Å². The fraction of sp³-hybridized carbons (Fsp3) is 0. The summed E-state index contributed by atoms with van der Waals surface area (Å²) in [4.78, 5) is 0. The third-order valence-electron chi connectivity index (χ3n) is 1.58. The molecule has 13 heavy (non-hydrogen) atoms. The van der Waals surface area contributed by atoms with E-state index in [0.29, 0.717) is 11.3 Å². The highest BCUT2D eigenvalue weighted by atomic mass is 32.1. The maximum absolute atomic E-state index is 12.8. The van der Waals surface area contributed by atoms with Crippen molar-refractivity contribution in [1.82, 2.24) is 9.59 Å². The van der Waals surface area contributed by atoms with E-state index in [-0.39, 0.29) is 0 Å². The van der Waals surface area contributed by atoms with Gasteiger partial charge in [0.1, 0.15) is 5.69 Å². The highest BCUT2D eigenvalue weighted by Crippen LogP contribution is 2.19. The fourth-order valence-electron chi connectivity index (χ4n) is 0.946. The average Bonchev–Trinajstić information content (AvgIpc) is 2.62. The van der Waals surface area contributed by atoms with E-state index in [1.54, 1.807) is 5.38 Å². The average molecular weight is 198 g/mol. The van der Waals surface area contributed by atoms with E-state index < -0.39 is 11.6 Å². The number of aromatic nitrogens is 2. The molecule has 0 aliphatic carbocycles. The van der Waals surface area contributed by atoms with Crippen LogP contribution in [0.1, 0.15) is 0 Å². The van der Waals surface area contributed by atoms with Gasteiger partial charge in [0.15, 0.2) is 11.6 Å². The summed E-state index contributed by atoms with van der Waals surface area (Å²) in [6, 6.07) is 3.64. The Labute approximate surface area is 77.0 Å². The summed E-state index contributed by atoms with van der Waals surface area (Å²) in [5, 5.41) is 5.41. The molecule has 0 radical (unpaired) electrons. The van der Waals surface area contributed by atoms with Crippen LogP contribution in [0.3, 0.4) is 0 Å². The lowest BCUT2D eigenvalue weighted by Gasteiger charge is -1.96. The summed E-state index contributed by atoms with van der Waals surface area (Å²) in [5.41, 5.74) is 1.09. The zero-order valence-corrected chi connectivity index (χ0v) is 7.18. The van der Waals surface area contributed by atoms with E-state index in [0.717, 1.165) is 12.1 Å². The predicted octanol–water partition coefficient (Wildman–Crippen LogP) is 2.48. The molecule has 66 valence electrons. The van der Waals surface area contributed by atoms with E-state index in [1.807, 2.05) is 0 Å². The summed E-state index contributed by atoms with van der Waals surface area (Å²) in [7, 11) is 0. The van der Waals surface area contributed by atoms with Crippen LogP contribution in [0.15, 0.2) is 23.6 Å². The molecule has 2 rings (SSSR count). The van der Waals surface area contributed by atoms with Crippen molar-refractivity contribution >= 4 is 11.5 Å². The van der Waals surface area contributed by atoms with Crippen LogP contribution >= 0.6 is 11.5 Å². The van der Waals surface area contributed by atoms with Crippen molar-refractivity contribution in [3.05, 3.63) is 35.2 Å². The molecule has 0 N–H and O–H groups in total. The molecule has 0 saturated heterocycles. The lowest BCUT2D eigenvalue weighted by Crippen LogP contribution is -1.85. The van der Waals surface area contributed by atoms with Gasteiger partial charge in [-0.15, -0.1) is 5.10 Å². The number of hydrogen-bond acceptors (Lipinski definition) is 3. The van der Waals surface area contributed by atoms with Gasteiger partial charge in [-0.05, 0) is 29.7 Å². The Morgan fingerprint density at radius 3 is 2.62 bits per heavy atom. The van der Waals surface area contributed by atoms with E-state index in [9.17, 15) is 8.78 Å². The lowest BCUT2D eigenvalue weighted by molar-refractivity contribution is 0.509. The molecule has 0 saturated carbocycles. The van der Waals surface area contributed by atoms with Gasteiger partial charge in [0.25, 0.3) is 0 Å². The van der Waals surface area contributed by atoms with Crippen molar-refractivity contribution < 1.29 is 8.78 Å². The van der Waals surface area contributed by atoms with Crippen LogP contribution in [0.2, 0.25) is 0 Å². The summed E-state index contributed by atoms with van der Waals surface area (Å²) in [6.07, 6.45) is 0. The van der Waals surface area contributed by atoms with E-state index in [1.165, 1.54) is 17.6 Å². The number of benzene rings is 1. The Balaban J connectivity index is 2.49. The third kappa shape index (κ3) is 1.55. The van der Waals surface area contributed by atoms with Crippen molar-refractivity contribution in [2.24, 2.45) is 0 Å². The Morgan fingerprint density at radius 1 is 1.15 bits per heavy atom. The first-order valence-electron chi connectivity index (χ1n) is 3.50. The summed E-state index contributed by atoms with van der Waals surface area (Å²) >= 11 is 1.17. The lowest BCUT2D eigenvalue weighted by atomic mass is 10.2. The Bertz CT molecular complexity index is 414. The molecule has 5 heteroatoms. The van der Waals surface area contributed by atoms with Gasteiger partial charge in [-0.25, -0.2) is 8.78 Å². The molecule has 0 unspecified atom stereocenters. The molecule has 0 atom stereocenters. The van der Waals surface area contributed by atoms with Gasteiger partial charge in [-0.1, -0.05) is 4.49 Å². The van der Waals surface area contributed by atoms with Crippen LogP contribution < -0.4 is 0 Å². The summed E-state index contributed by atoms with van der Waals surface area (Å²) < 4.78 is 28.9. The maximum Gasteiger partial charge on any atom is 0.159 e. The van der Waals surface area contributed by atoms with Crippen molar-refractivity contribution in [2.45, 2.75) is 0 Å². The molecule has 0 aliphatic rings. The molecule has 0 amide bonds. The van der Waals surface area contributed by atoms with Gasteiger partial charge in [-0.2, -0.15) is 0 Å². The third-order valence-corrected chi connectivity index (χ3v) is 2.08. The largest absolute Gasteiger partial charge is 0.204 e. The standard InChI is InChI=1S/C8H4F2N2S/c9-6-2-1-5(3-7(6)10)8-4-13-12-11-8/h1-4H. The first kappa shape index (κ1) is 8.25. The van der Waals surface area contributed by atoms with Crippen molar-refractivity contribution in [2.75, 3.05) is 0 Å². The molecule has 0 spiro atoms. The number of nitrogens with zero attached hydrogens (tertiary/aromatic N) is 2. The van der Waals surface area contributed by atoms with E-state index >= 15 is 0 Å². The van der Waals surface area contributed by atoms with Gasteiger partial charge in [0.05, 0.1) is 0 Å². The number of halogens is 2. The Hall–Kier alpha value is -1.36. The van der Waals surface area contributed by atoms with Crippen LogP contribution in [0, 0.1) is 11.6 Å². The molecule has 2 aromatic rings. The molecule has 0 fully saturated rings. The van der Waals surface area contributed by atoms with Crippen molar-refractivity contribution in [1.29, 1.82) is 0 Å². The molecular weight excluding hydrogens is 194 g/mol. The van der Waals surface area contributed by atoms with Crippen LogP contribution in [-0.2, 0) is 0 Å². The van der Waals surface area contributed by atoms with Crippen LogP contribution in [0.4, 0.5) is 8.78 Å². The van der Waals surface area contributed by atoms with Crippen LogP contribution in [0.5, 0.6) is 0 Å². The second-order valence-electron chi connectivity index (χ2n) is 2.42. The Morgan fingerprint density at radius 2 is 2.00 bits per heavy atom. The Kier molecular flexibility index (Phi) is 2.02. The molecule has 2 nitrogen and oxygen atoms in total. The molecule has 1 aromatic heterocycles. The molecular formula is C8H4F2N2S. The number of rotatable bonds is 1. The van der Waals surface area contributed by atoms with Gasteiger partial charge in [0.2, 0.25) is 0 Å². The quantitative estimate of drug-likeness (QED) is 0.703. The second-order valence-corrected chi connectivity index (χ2v) is 3.03. The second kappa shape index (κ2) is 3.18. The predicted molar refractivity (Wildman–Crippen MR) is 45.3 cm³/mol. The van der Waals surface area contributed by atoms with Crippen LogP contribution in [-0.4, -0.2) is 9.59 Å². The fourth-order valence-corrected chi connectivity index (χ4v) is 1.41. The van der Waals surface area contributed by atoms with Gasteiger partial charge >= 0.3 is 0 Å². The minimum atomic E-state index is -0.870. The van der Waals surface area contributed by atoms with Gasteiger partial charge in [-0.3, -0.25) is 0 Å². The SMILES string of the molecule is Fc1ccc(-c2csnn2)cc1F. The van der Waals surface area contributed by atoms with Gasteiger partial charge in [0, 0.05) is 10.9 Å². The van der Waals surface area contributed by atoms with Crippen LogP contribution in [0.25, 0.3) is 11.3 Å². The molecule has 0 aliphatic heterocycles. The summed E-state index contributed by atoms with van der Waals surface area (Å²) in [5.74, 6) is -1.72. The molecule has 1 aromatic carbocycles.